The molecule has 9 heteroatoms. The third-order valence-electron chi connectivity index (χ3n) is 3.70. The molecule has 6 nitrogen and oxygen atoms in total. The van der Waals surface area contributed by atoms with Gasteiger partial charge in [0.25, 0.3) is 0 Å². The minimum Gasteiger partial charge on any atom is -0.488 e. The maximum atomic E-state index is 12.7. The van der Waals surface area contributed by atoms with Crippen molar-refractivity contribution in [3.05, 3.63) is 48.0 Å². The fourth-order valence-electron chi connectivity index (χ4n) is 2.57. The first-order valence-corrected chi connectivity index (χ1v) is 9.17. The maximum absolute atomic E-state index is 12.7. The van der Waals surface area contributed by atoms with Gasteiger partial charge in [-0.15, -0.1) is 13.2 Å². The van der Waals surface area contributed by atoms with Crippen molar-refractivity contribution in [3.8, 4) is 22.6 Å². The first-order valence-electron chi connectivity index (χ1n) is 9.17. The molecule has 1 amide bonds. The van der Waals surface area contributed by atoms with E-state index in [9.17, 15) is 23.1 Å². The van der Waals surface area contributed by atoms with E-state index in [2.05, 4.69) is 10.1 Å². The van der Waals surface area contributed by atoms with Gasteiger partial charge in [0.2, 0.25) is 0 Å². The van der Waals surface area contributed by atoms with Gasteiger partial charge in [0.05, 0.1) is 13.2 Å². The predicted octanol–water partition coefficient (Wildman–Crippen LogP) is 4.65. The van der Waals surface area contributed by atoms with Crippen LogP contribution in [-0.4, -0.2) is 36.3 Å². The molecule has 164 valence electrons. The van der Waals surface area contributed by atoms with E-state index in [1.165, 1.54) is 12.1 Å². The Labute approximate surface area is 172 Å². The standard InChI is InChI=1S/C21H24F3NO5/c1-20(2,3)30-19(27)25-10-11-28-18-12-14(8-9-17(18)29-21(22,23)24)16-7-5-4-6-15(16)13-26/h4-9,12,26H,10-11,13H2,1-3H3,(H,25,27). The number of alkyl halides is 3. The average Bonchev–Trinajstić information content (AvgIpc) is 2.63. The zero-order valence-corrected chi connectivity index (χ0v) is 16.9. The van der Waals surface area contributed by atoms with Gasteiger partial charge in [-0.2, -0.15) is 0 Å². The molecule has 0 aliphatic heterocycles. The summed E-state index contributed by atoms with van der Waals surface area (Å²) in [6, 6.07) is 10.9. The molecule has 0 saturated carbocycles. The molecule has 2 aromatic rings. The number of amides is 1. The summed E-state index contributed by atoms with van der Waals surface area (Å²) in [5.41, 5.74) is 1.13. The highest BCUT2D eigenvalue weighted by atomic mass is 19.4. The van der Waals surface area contributed by atoms with Gasteiger partial charge in [-0.1, -0.05) is 30.3 Å². The van der Waals surface area contributed by atoms with E-state index >= 15 is 0 Å². The summed E-state index contributed by atoms with van der Waals surface area (Å²) in [5.74, 6) is -0.659. The lowest BCUT2D eigenvalue weighted by Gasteiger charge is -2.20. The summed E-state index contributed by atoms with van der Waals surface area (Å²) in [7, 11) is 0. The first-order chi connectivity index (χ1) is 14.0. The number of carbonyl (C=O) groups excluding carboxylic acids is 1. The molecule has 0 bridgehead atoms. The first kappa shape index (κ1) is 23.3. The number of nitrogens with one attached hydrogen (secondary N) is 1. The number of aliphatic hydroxyl groups is 1. The SMILES string of the molecule is CC(C)(C)OC(=O)NCCOc1cc(-c2ccccc2CO)ccc1OC(F)(F)F. The molecule has 30 heavy (non-hydrogen) atoms. The third kappa shape index (κ3) is 7.47. The van der Waals surface area contributed by atoms with E-state index in [0.29, 0.717) is 16.7 Å². The zero-order chi connectivity index (χ0) is 22.4. The second-order valence-corrected chi connectivity index (χ2v) is 7.30. The van der Waals surface area contributed by atoms with E-state index in [1.54, 1.807) is 45.0 Å². The van der Waals surface area contributed by atoms with Crippen molar-refractivity contribution in [3.63, 3.8) is 0 Å². The number of carbonyl (C=O) groups is 1. The van der Waals surface area contributed by atoms with E-state index in [1.807, 2.05) is 0 Å². The smallest absolute Gasteiger partial charge is 0.488 e. The van der Waals surface area contributed by atoms with Crippen molar-refractivity contribution >= 4 is 6.09 Å². The van der Waals surface area contributed by atoms with Crippen molar-refractivity contribution in [1.29, 1.82) is 0 Å². The minimum atomic E-state index is -4.89. The molecule has 0 spiro atoms. The number of rotatable bonds is 7. The van der Waals surface area contributed by atoms with Crippen molar-refractivity contribution in [2.45, 2.75) is 39.3 Å². The fourth-order valence-corrected chi connectivity index (χ4v) is 2.57. The Morgan fingerprint density at radius 1 is 1.07 bits per heavy atom. The molecule has 2 aromatic carbocycles. The summed E-state index contributed by atoms with van der Waals surface area (Å²) >= 11 is 0. The summed E-state index contributed by atoms with van der Waals surface area (Å²) in [4.78, 5) is 11.6. The van der Waals surface area contributed by atoms with Crippen LogP contribution < -0.4 is 14.8 Å². The maximum Gasteiger partial charge on any atom is 0.573 e. The lowest BCUT2D eigenvalue weighted by molar-refractivity contribution is -0.275. The summed E-state index contributed by atoms with van der Waals surface area (Å²) in [6.07, 6.45) is -5.55. The average molecular weight is 427 g/mol. The van der Waals surface area contributed by atoms with Crippen LogP contribution in [0, 0.1) is 0 Å². The number of hydrogen-bond acceptors (Lipinski definition) is 5. The van der Waals surface area contributed by atoms with E-state index < -0.39 is 23.8 Å². The molecule has 0 saturated heterocycles. The van der Waals surface area contributed by atoms with Crippen molar-refractivity contribution in [2.75, 3.05) is 13.2 Å². The number of halogens is 3. The summed E-state index contributed by atoms with van der Waals surface area (Å²) < 4.78 is 52.8. The third-order valence-corrected chi connectivity index (χ3v) is 3.70. The van der Waals surface area contributed by atoms with Crippen LogP contribution in [0.4, 0.5) is 18.0 Å². The van der Waals surface area contributed by atoms with Gasteiger partial charge >= 0.3 is 12.5 Å². The lowest BCUT2D eigenvalue weighted by Crippen LogP contribution is -2.34. The Morgan fingerprint density at radius 3 is 2.40 bits per heavy atom. The molecule has 0 radical (unpaired) electrons. The second-order valence-electron chi connectivity index (χ2n) is 7.30. The molecule has 2 rings (SSSR count). The van der Waals surface area contributed by atoms with Crippen LogP contribution in [0.5, 0.6) is 11.5 Å². The molecule has 0 aliphatic carbocycles. The van der Waals surface area contributed by atoms with E-state index in [0.717, 1.165) is 6.07 Å². The monoisotopic (exact) mass is 427 g/mol. The predicted molar refractivity (Wildman–Crippen MR) is 104 cm³/mol. The molecular weight excluding hydrogens is 403 g/mol. The van der Waals surface area contributed by atoms with Crippen molar-refractivity contribution in [1.82, 2.24) is 5.32 Å². The Balaban J connectivity index is 2.17. The van der Waals surface area contributed by atoms with E-state index in [4.69, 9.17) is 9.47 Å². The molecule has 0 fully saturated rings. The van der Waals surface area contributed by atoms with Crippen LogP contribution in [0.2, 0.25) is 0 Å². The minimum absolute atomic E-state index is 0.0117. The fraction of sp³-hybridized carbons (Fsp3) is 0.381. The van der Waals surface area contributed by atoms with Gasteiger partial charge in [-0.25, -0.2) is 4.79 Å². The van der Waals surface area contributed by atoms with Crippen LogP contribution >= 0.6 is 0 Å². The summed E-state index contributed by atoms with van der Waals surface area (Å²) in [5, 5.41) is 12.0. The molecule has 0 unspecified atom stereocenters. The largest absolute Gasteiger partial charge is 0.573 e. The molecule has 0 heterocycles. The number of hydrogen-bond donors (Lipinski definition) is 2. The Kier molecular flexibility index (Phi) is 7.55. The number of benzene rings is 2. The van der Waals surface area contributed by atoms with Gasteiger partial charge in [0, 0.05) is 0 Å². The van der Waals surface area contributed by atoms with Gasteiger partial charge < -0.3 is 24.6 Å². The van der Waals surface area contributed by atoms with Gasteiger partial charge in [-0.3, -0.25) is 0 Å². The molecule has 2 N–H and O–H groups in total. The van der Waals surface area contributed by atoms with Gasteiger partial charge in [0.1, 0.15) is 12.2 Å². The molecule has 0 atom stereocenters. The van der Waals surface area contributed by atoms with Crippen LogP contribution in [-0.2, 0) is 11.3 Å². The van der Waals surface area contributed by atoms with Gasteiger partial charge in [-0.05, 0) is 49.6 Å². The highest BCUT2D eigenvalue weighted by molar-refractivity contribution is 5.70. The Morgan fingerprint density at radius 2 is 1.77 bits per heavy atom. The molecule has 0 aromatic heterocycles. The number of aliphatic hydroxyl groups excluding tert-OH is 1. The number of ether oxygens (including phenoxy) is 3. The zero-order valence-electron chi connectivity index (χ0n) is 16.9. The normalized spacial score (nSPS) is 11.7. The van der Waals surface area contributed by atoms with Gasteiger partial charge in [0.15, 0.2) is 11.5 Å². The summed E-state index contributed by atoms with van der Waals surface area (Å²) in [6.45, 7) is 4.79. The molecular formula is C21H24F3NO5. The highest BCUT2D eigenvalue weighted by Gasteiger charge is 2.32. The number of alkyl carbamates (subject to hydrolysis) is 1. The molecule has 0 aliphatic rings. The van der Waals surface area contributed by atoms with Crippen LogP contribution in [0.1, 0.15) is 26.3 Å². The second kappa shape index (κ2) is 9.71. The van der Waals surface area contributed by atoms with Crippen molar-refractivity contribution < 1.29 is 37.3 Å². The van der Waals surface area contributed by atoms with Crippen LogP contribution in [0.25, 0.3) is 11.1 Å². The highest BCUT2D eigenvalue weighted by Crippen LogP contribution is 2.36. The lowest BCUT2D eigenvalue weighted by atomic mass is 10.00. The van der Waals surface area contributed by atoms with E-state index in [-0.39, 0.29) is 25.5 Å². The topological polar surface area (TPSA) is 77.0 Å². The van der Waals surface area contributed by atoms with Crippen molar-refractivity contribution in [2.24, 2.45) is 0 Å². The Hall–Kier alpha value is -2.94. The van der Waals surface area contributed by atoms with Crippen LogP contribution in [0.3, 0.4) is 0 Å². The van der Waals surface area contributed by atoms with Crippen LogP contribution in [0.15, 0.2) is 42.5 Å². The quantitative estimate of drug-likeness (QED) is 0.629. The Bertz CT molecular complexity index is 862.